The third kappa shape index (κ3) is 4.78. The maximum atomic E-state index is 14.6. The fraction of sp³-hybridized carbons (Fsp3) is 0.360. The smallest absolute Gasteiger partial charge is 0.279 e. The highest BCUT2D eigenvalue weighted by Gasteiger charge is 2.27. The van der Waals surface area contributed by atoms with Crippen LogP contribution < -0.4 is 16.3 Å². The number of halogens is 4. The highest BCUT2D eigenvalue weighted by molar-refractivity contribution is 6.08. The maximum absolute atomic E-state index is 14.6. The van der Waals surface area contributed by atoms with E-state index in [0.29, 0.717) is 17.9 Å². The molecule has 4 rings (SSSR count). The van der Waals surface area contributed by atoms with Gasteiger partial charge in [0.2, 0.25) is 0 Å². The molecule has 0 radical (unpaired) electrons. The molecule has 1 unspecified atom stereocenters. The van der Waals surface area contributed by atoms with Crippen molar-refractivity contribution in [1.82, 2.24) is 9.99 Å². The minimum atomic E-state index is -2.76. The summed E-state index contributed by atoms with van der Waals surface area (Å²) in [5, 5.41) is 2.63. The van der Waals surface area contributed by atoms with Crippen LogP contribution >= 0.6 is 0 Å². The lowest BCUT2D eigenvalue weighted by molar-refractivity contribution is 0.0925. The van der Waals surface area contributed by atoms with Gasteiger partial charge in [0.15, 0.2) is 0 Å². The molecule has 9 heteroatoms. The Balaban J connectivity index is 1.78. The molecule has 0 spiro atoms. The van der Waals surface area contributed by atoms with Gasteiger partial charge in [0.1, 0.15) is 11.6 Å². The molecule has 0 bridgehead atoms. The lowest BCUT2D eigenvalue weighted by atomic mass is 9.79. The Morgan fingerprint density at radius 3 is 2.53 bits per heavy atom. The first kappa shape index (κ1) is 23.8. The van der Waals surface area contributed by atoms with Gasteiger partial charge in [0.25, 0.3) is 17.9 Å². The molecule has 1 atom stereocenters. The second-order valence-electron chi connectivity index (χ2n) is 8.63. The summed E-state index contributed by atoms with van der Waals surface area (Å²) in [6.45, 7) is 0.581. The van der Waals surface area contributed by atoms with Crippen molar-refractivity contribution < 1.29 is 22.4 Å². The molecule has 1 amide bonds. The SMILES string of the molecule is Cc1c(C(=O)NC(CC2CCC2)c2cccc(F)c2)c2cccc(F)c2c(=O)n1NCC(F)F. The van der Waals surface area contributed by atoms with Gasteiger partial charge < -0.3 is 10.7 Å². The quantitative estimate of drug-likeness (QED) is 0.448. The highest BCUT2D eigenvalue weighted by atomic mass is 19.3. The van der Waals surface area contributed by atoms with E-state index in [1.165, 1.54) is 31.2 Å². The van der Waals surface area contributed by atoms with Crippen LogP contribution in [-0.2, 0) is 0 Å². The number of carbonyl (C=O) groups excluding carboxylic acids is 1. The zero-order chi connectivity index (χ0) is 24.4. The highest BCUT2D eigenvalue weighted by Crippen LogP contribution is 2.35. The second-order valence-corrected chi connectivity index (χ2v) is 8.63. The number of fused-ring (bicyclic) bond motifs is 1. The van der Waals surface area contributed by atoms with Gasteiger partial charge in [-0.25, -0.2) is 22.2 Å². The minimum Gasteiger partial charge on any atom is -0.345 e. The van der Waals surface area contributed by atoms with Crippen molar-refractivity contribution in [1.29, 1.82) is 0 Å². The van der Waals surface area contributed by atoms with Gasteiger partial charge >= 0.3 is 0 Å². The number of nitrogens with zero attached hydrogens (tertiary/aromatic N) is 1. The van der Waals surface area contributed by atoms with Crippen LogP contribution in [0.3, 0.4) is 0 Å². The molecule has 1 aliphatic carbocycles. The molecule has 34 heavy (non-hydrogen) atoms. The van der Waals surface area contributed by atoms with E-state index in [9.17, 15) is 27.2 Å². The molecule has 1 fully saturated rings. The fourth-order valence-electron chi connectivity index (χ4n) is 4.45. The number of amides is 1. The first-order valence-corrected chi connectivity index (χ1v) is 11.2. The number of benzene rings is 2. The molecular formula is C25H25F4N3O2. The Labute approximate surface area is 193 Å². The van der Waals surface area contributed by atoms with Crippen molar-refractivity contribution in [3.8, 4) is 0 Å². The zero-order valence-electron chi connectivity index (χ0n) is 18.6. The van der Waals surface area contributed by atoms with E-state index in [1.807, 2.05) is 0 Å². The number of hydrogen-bond donors (Lipinski definition) is 2. The van der Waals surface area contributed by atoms with Crippen molar-refractivity contribution in [3.63, 3.8) is 0 Å². The van der Waals surface area contributed by atoms with Crippen LogP contribution in [0.4, 0.5) is 17.6 Å². The number of nitrogens with one attached hydrogen (secondary N) is 2. The van der Waals surface area contributed by atoms with E-state index >= 15 is 0 Å². The van der Waals surface area contributed by atoms with Crippen molar-refractivity contribution >= 4 is 16.7 Å². The monoisotopic (exact) mass is 475 g/mol. The van der Waals surface area contributed by atoms with Crippen molar-refractivity contribution in [3.05, 3.63) is 81.3 Å². The molecular weight excluding hydrogens is 450 g/mol. The lowest BCUT2D eigenvalue weighted by Gasteiger charge is -2.31. The lowest BCUT2D eigenvalue weighted by Crippen LogP contribution is -2.38. The maximum Gasteiger partial charge on any atom is 0.279 e. The van der Waals surface area contributed by atoms with Crippen LogP contribution in [0, 0.1) is 24.5 Å². The number of hydrogen-bond acceptors (Lipinski definition) is 3. The summed E-state index contributed by atoms with van der Waals surface area (Å²) in [5.41, 5.74) is 2.09. The normalized spacial score (nSPS) is 14.8. The van der Waals surface area contributed by atoms with Crippen LogP contribution in [0.2, 0.25) is 0 Å². The molecule has 1 aliphatic rings. The van der Waals surface area contributed by atoms with Gasteiger partial charge in [-0.3, -0.25) is 9.59 Å². The molecule has 0 saturated heterocycles. The average Bonchev–Trinajstić information content (AvgIpc) is 2.75. The van der Waals surface area contributed by atoms with Gasteiger partial charge in [-0.2, -0.15) is 0 Å². The van der Waals surface area contributed by atoms with Crippen LogP contribution in [0.5, 0.6) is 0 Å². The van der Waals surface area contributed by atoms with E-state index in [-0.39, 0.29) is 22.0 Å². The van der Waals surface area contributed by atoms with Crippen LogP contribution in [-0.4, -0.2) is 23.6 Å². The largest absolute Gasteiger partial charge is 0.345 e. The summed E-state index contributed by atoms with van der Waals surface area (Å²) >= 11 is 0. The van der Waals surface area contributed by atoms with Gasteiger partial charge in [-0.15, -0.1) is 0 Å². The number of alkyl halides is 2. The fourth-order valence-corrected chi connectivity index (χ4v) is 4.45. The summed E-state index contributed by atoms with van der Waals surface area (Å²) < 4.78 is 55.0. The standard InChI is InChI=1S/C25H25F4N3O2/c1-14-22(18-9-4-10-19(27)23(18)25(34)32(14)30-13-21(28)29)24(33)31-20(11-15-5-2-6-15)16-7-3-8-17(26)12-16/h3-4,7-10,12,15,20-21,30H,2,5-6,11,13H2,1H3,(H,31,33). The molecule has 2 N–H and O–H groups in total. The summed E-state index contributed by atoms with van der Waals surface area (Å²) in [6, 6.07) is 9.36. The molecule has 0 aliphatic heterocycles. The first-order chi connectivity index (χ1) is 16.3. The Bertz CT molecular complexity index is 1270. The second kappa shape index (κ2) is 9.87. The predicted octanol–water partition coefficient (Wildman–Crippen LogP) is 5.06. The van der Waals surface area contributed by atoms with Crippen LogP contribution in [0.1, 0.15) is 53.3 Å². The average molecular weight is 475 g/mol. The Hall–Kier alpha value is -3.36. The third-order valence-corrected chi connectivity index (χ3v) is 6.38. The van der Waals surface area contributed by atoms with E-state index in [1.54, 1.807) is 12.1 Å². The summed E-state index contributed by atoms with van der Waals surface area (Å²) in [6.07, 6.45) is 0.955. The Kier molecular flexibility index (Phi) is 6.90. The zero-order valence-corrected chi connectivity index (χ0v) is 18.6. The Morgan fingerprint density at radius 1 is 1.15 bits per heavy atom. The van der Waals surface area contributed by atoms with Crippen LogP contribution in [0.25, 0.3) is 10.8 Å². The van der Waals surface area contributed by atoms with Crippen LogP contribution in [0.15, 0.2) is 47.3 Å². The van der Waals surface area contributed by atoms with E-state index in [2.05, 4.69) is 10.7 Å². The number of rotatable bonds is 8. The summed E-state index contributed by atoms with van der Waals surface area (Å²) in [5.74, 6) is -1.51. The topological polar surface area (TPSA) is 63.1 Å². The van der Waals surface area contributed by atoms with E-state index in [0.717, 1.165) is 30.0 Å². The van der Waals surface area contributed by atoms with E-state index in [4.69, 9.17) is 0 Å². The third-order valence-electron chi connectivity index (χ3n) is 6.38. The van der Waals surface area contributed by atoms with Crippen molar-refractivity contribution in [2.75, 3.05) is 12.0 Å². The number of carbonyl (C=O) groups is 1. The van der Waals surface area contributed by atoms with Crippen molar-refractivity contribution in [2.45, 2.75) is 45.1 Å². The van der Waals surface area contributed by atoms with E-state index < -0.39 is 42.1 Å². The van der Waals surface area contributed by atoms with Gasteiger partial charge in [-0.05, 0) is 43.0 Å². The minimum absolute atomic E-state index is 0.00845. The van der Waals surface area contributed by atoms with Gasteiger partial charge in [0.05, 0.1) is 29.2 Å². The van der Waals surface area contributed by atoms with Crippen molar-refractivity contribution in [2.24, 2.45) is 5.92 Å². The predicted molar refractivity (Wildman–Crippen MR) is 122 cm³/mol. The molecule has 1 saturated carbocycles. The number of aromatic nitrogens is 1. The molecule has 3 aromatic rings. The van der Waals surface area contributed by atoms with Gasteiger partial charge in [-0.1, -0.05) is 43.5 Å². The molecule has 2 aromatic carbocycles. The van der Waals surface area contributed by atoms with Gasteiger partial charge in [0, 0.05) is 5.39 Å². The molecule has 180 valence electrons. The first-order valence-electron chi connectivity index (χ1n) is 11.2. The molecule has 5 nitrogen and oxygen atoms in total. The summed E-state index contributed by atoms with van der Waals surface area (Å²) in [4.78, 5) is 26.4. The molecule has 1 heterocycles. The Morgan fingerprint density at radius 2 is 1.88 bits per heavy atom. The molecule has 1 aromatic heterocycles. The number of pyridine rings is 1. The summed E-state index contributed by atoms with van der Waals surface area (Å²) in [7, 11) is 0.